The first-order valence-electron chi connectivity index (χ1n) is 4.64. The van der Waals surface area contributed by atoms with Crippen LogP contribution < -0.4 is 0 Å². The summed E-state index contributed by atoms with van der Waals surface area (Å²) in [5.74, 6) is -0.0782. The second-order valence-corrected chi connectivity index (χ2v) is 3.58. The quantitative estimate of drug-likeness (QED) is 0.688. The smallest absolute Gasteiger partial charge is 0.272 e. The number of amides is 1. The first-order chi connectivity index (χ1) is 7.11. The van der Waals surface area contributed by atoms with Crippen molar-refractivity contribution in [2.24, 2.45) is 0 Å². The molecule has 0 aromatic carbocycles. The van der Waals surface area contributed by atoms with Gasteiger partial charge in [-0.25, -0.2) is 4.52 Å². The molecule has 0 spiro atoms. The Balaban J connectivity index is 2.66. The van der Waals surface area contributed by atoms with E-state index < -0.39 is 0 Å². The highest BCUT2D eigenvalue weighted by Crippen LogP contribution is 2.10. The van der Waals surface area contributed by atoms with Gasteiger partial charge < -0.3 is 4.90 Å². The van der Waals surface area contributed by atoms with Crippen molar-refractivity contribution >= 4 is 11.4 Å². The molecule has 0 aliphatic heterocycles. The highest BCUT2D eigenvalue weighted by atomic mass is 16.2. The molecule has 15 heavy (non-hydrogen) atoms. The van der Waals surface area contributed by atoms with E-state index in [9.17, 15) is 4.79 Å². The van der Waals surface area contributed by atoms with Gasteiger partial charge in [-0.3, -0.25) is 4.79 Å². The van der Waals surface area contributed by atoms with Gasteiger partial charge in [-0.1, -0.05) is 11.3 Å². The molecule has 1 amide bonds. The third-order valence-electron chi connectivity index (χ3n) is 2.24. The summed E-state index contributed by atoms with van der Waals surface area (Å²) >= 11 is 0. The molecule has 2 rings (SSSR count). The fraction of sp³-hybridized carbons (Fsp3) is 0.300. The number of pyridine rings is 1. The van der Waals surface area contributed by atoms with Gasteiger partial charge in [-0.05, 0) is 19.1 Å². The number of carbonyl (C=O) groups is 1. The lowest BCUT2D eigenvalue weighted by atomic mass is 10.3. The predicted molar refractivity (Wildman–Crippen MR) is 55.7 cm³/mol. The van der Waals surface area contributed by atoms with Gasteiger partial charge in [0.15, 0.2) is 0 Å². The van der Waals surface area contributed by atoms with E-state index >= 15 is 0 Å². The average molecular weight is 204 g/mol. The molecule has 0 unspecified atom stereocenters. The summed E-state index contributed by atoms with van der Waals surface area (Å²) in [7, 11) is 3.43. The molecule has 0 saturated heterocycles. The zero-order valence-electron chi connectivity index (χ0n) is 8.93. The zero-order valence-corrected chi connectivity index (χ0v) is 8.93. The van der Waals surface area contributed by atoms with Crippen molar-refractivity contribution in [1.82, 2.24) is 19.7 Å². The van der Waals surface area contributed by atoms with Gasteiger partial charge in [-0.15, -0.1) is 5.10 Å². The standard InChI is InChI=1S/C10H12N4O/c1-7-8-5-4-6-9(10(15)13(2)3)14(8)12-11-7/h4-6H,1-3H3. The van der Waals surface area contributed by atoms with Crippen molar-refractivity contribution in [3.05, 3.63) is 29.6 Å². The van der Waals surface area contributed by atoms with Crippen LogP contribution >= 0.6 is 0 Å². The number of aromatic nitrogens is 3. The first kappa shape index (κ1) is 9.64. The molecular weight excluding hydrogens is 192 g/mol. The lowest BCUT2D eigenvalue weighted by molar-refractivity contribution is 0.0819. The minimum atomic E-state index is -0.0782. The summed E-state index contributed by atoms with van der Waals surface area (Å²) < 4.78 is 1.57. The number of hydrogen-bond donors (Lipinski definition) is 0. The average Bonchev–Trinajstić information content (AvgIpc) is 2.59. The van der Waals surface area contributed by atoms with Crippen molar-refractivity contribution < 1.29 is 4.79 Å². The van der Waals surface area contributed by atoms with E-state index in [1.807, 2.05) is 19.1 Å². The molecule has 0 saturated carbocycles. The van der Waals surface area contributed by atoms with Gasteiger partial charge in [0.2, 0.25) is 0 Å². The first-order valence-corrected chi connectivity index (χ1v) is 4.64. The number of hydrogen-bond acceptors (Lipinski definition) is 3. The highest BCUT2D eigenvalue weighted by Gasteiger charge is 2.13. The van der Waals surface area contributed by atoms with Crippen LogP contribution in [0.15, 0.2) is 18.2 Å². The second-order valence-electron chi connectivity index (χ2n) is 3.58. The van der Waals surface area contributed by atoms with Crippen molar-refractivity contribution in [2.75, 3.05) is 14.1 Å². The van der Waals surface area contributed by atoms with Crippen LogP contribution in [0.2, 0.25) is 0 Å². The Labute approximate surface area is 87.3 Å². The molecule has 0 aliphatic carbocycles. The fourth-order valence-electron chi connectivity index (χ4n) is 1.43. The molecular formula is C10H12N4O. The number of aryl methyl sites for hydroxylation is 1. The van der Waals surface area contributed by atoms with Gasteiger partial charge in [0.1, 0.15) is 5.69 Å². The third-order valence-corrected chi connectivity index (χ3v) is 2.24. The van der Waals surface area contributed by atoms with Crippen LogP contribution in [0, 0.1) is 6.92 Å². The van der Waals surface area contributed by atoms with E-state index in [2.05, 4.69) is 10.3 Å². The summed E-state index contributed by atoms with van der Waals surface area (Å²) in [6, 6.07) is 5.47. The van der Waals surface area contributed by atoms with E-state index in [1.165, 1.54) is 4.90 Å². The van der Waals surface area contributed by atoms with Crippen molar-refractivity contribution in [2.45, 2.75) is 6.92 Å². The van der Waals surface area contributed by atoms with Crippen molar-refractivity contribution in [3.8, 4) is 0 Å². The van der Waals surface area contributed by atoms with E-state index in [0.717, 1.165) is 11.2 Å². The monoisotopic (exact) mass is 204 g/mol. The Bertz CT molecular complexity index is 515. The van der Waals surface area contributed by atoms with Gasteiger partial charge >= 0.3 is 0 Å². The molecule has 2 aromatic heterocycles. The van der Waals surface area contributed by atoms with E-state index in [0.29, 0.717) is 5.69 Å². The lowest BCUT2D eigenvalue weighted by Gasteiger charge is -2.10. The summed E-state index contributed by atoms with van der Waals surface area (Å²) in [6.07, 6.45) is 0. The Morgan fingerprint density at radius 2 is 2.13 bits per heavy atom. The van der Waals surface area contributed by atoms with Crippen LogP contribution in [0.25, 0.3) is 5.52 Å². The van der Waals surface area contributed by atoms with Crippen LogP contribution in [-0.4, -0.2) is 39.7 Å². The van der Waals surface area contributed by atoms with Crippen molar-refractivity contribution in [1.29, 1.82) is 0 Å². The van der Waals surface area contributed by atoms with Crippen LogP contribution in [0.3, 0.4) is 0 Å². The van der Waals surface area contributed by atoms with Gasteiger partial charge in [0, 0.05) is 14.1 Å². The van der Waals surface area contributed by atoms with Gasteiger partial charge in [0.05, 0.1) is 11.2 Å². The Morgan fingerprint density at radius 1 is 1.40 bits per heavy atom. The topological polar surface area (TPSA) is 50.5 Å². The van der Waals surface area contributed by atoms with E-state index in [1.54, 1.807) is 24.7 Å². The molecule has 0 bridgehead atoms. The molecule has 2 aromatic rings. The molecule has 0 atom stereocenters. The second kappa shape index (κ2) is 3.34. The number of rotatable bonds is 1. The predicted octanol–water partition coefficient (Wildman–Crippen LogP) is 0.740. The normalized spacial score (nSPS) is 10.6. The zero-order chi connectivity index (χ0) is 11.0. The summed E-state index contributed by atoms with van der Waals surface area (Å²) in [5.41, 5.74) is 2.21. The maximum atomic E-state index is 11.8. The number of nitrogens with zero attached hydrogens (tertiary/aromatic N) is 4. The van der Waals surface area contributed by atoms with E-state index in [-0.39, 0.29) is 5.91 Å². The fourth-order valence-corrected chi connectivity index (χ4v) is 1.43. The van der Waals surface area contributed by atoms with Gasteiger partial charge in [-0.2, -0.15) is 0 Å². The molecule has 2 heterocycles. The molecule has 5 nitrogen and oxygen atoms in total. The summed E-state index contributed by atoms with van der Waals surface area (Å²) in [4.78, 5) is 13.3. The third kappa shape index (κ3) is 1.45. The molecule has 78 valence electrons. The van der Waals surface area contributed by atoms with Crippen LogP contribution in [-0.2, 0) is 0 Å². The maximum absolute atomic E-state index is 11.8. The maximum Gasteiger partial charge on any atom is 0.272 e. The summed E-state index contributed by atoms with van der Waals surface area (Å²) in [6.45, 7) is 1.87. The molecule has 5 heteroatoms. The van der Waals surface area contributed by atoms with Crippen molar-refractivity contribution in [3.63, 3.8) is 0 Å². The minimum absolute atomic E-state index is 0.0782. The number of fused-ring (bicyclic) bond motifs is 1. The minimum Gasteiger partial charge on any atom is -0.343 e. The number of carbonyl (C=O) groups excluding carboxylic acids is 1. The SMILES string of the molecule is Cc1nnn2c(C(=O)N(C)C)cccc12. The largest absolute Gasteiger partial charge is 0.343 e. The molecule has 0 aliphatic rings. The molecule has 0 N–H and O–H groups in total. The highest BCUT2D eigenvalue weighted by molar-refractivity contribution is 5.92. The molecule has 0 fully saturated rings. The van der Waals surface area contributed by atoms with E-state index in [4.69, 9.17) is 0 Å². The molecule has 0 radical (unpaired) electrons. The summed E-state index contributed by atoms with van der Waals surface area (Å²) in [5, 5.41) is 7.88. The lowest BCUT2D eigenvalue weighted by Crippen LogP contribution is -2.24. The van der Waals surface area contributed by atoms with Crippen LogP contribution in [0.1, 0.15) is 16.2 Å². The Morgan fingerprint density at radius 3 is 2.80 bits per heavy atom. The van der Waals surface area contributed by atoms with Gasteiger partial charge in [0.25, 0.3) is 5.91 Å². The Kier molecular flexibility index (Phi) is 2.15. The van der Waals surface area contributed by atoms with Crippen LogP contribution in [0.4, 0.5) is 0 Å². The van der Waals surface area contributed by atoms with Crippen LogP contribution in [0.5, 0.6) is 0 Å². The Hall–Kier alpha value is -1.91.